The third kappa shape index (κ3) is 1.43. The first kappa shape index (κ1) is 9.25. The number of carbonyl (C=O) groups excluding carboxylic acids is 2. The number of hydrogen-bond acceptors (Lipinski definition) is 4. The maximum Gasteiger partial charge on any atom is 0.254 e. The molecule has 1 aromatic heterocycles. The summed E-state index contributed by atoms with van der Waals surface area (Å²) in [5.74, 6) is -0.614. The molecule has 0 unspecified atom stereocenters. The first-order chi connectivity index (χ1) is 7.09. The predicted molar refractivity (Wildman–Crippen MR) is 52.7 cm³/mol. The lowest BCUT2D eigenvalue weighted by Crippen LogP contribution is -2.26. The van der Waals surface area contributed by atoms with E-state index in [1.54, 1.807) is 0 Å². The Morgan fingerprint density at radius 1 is 1.40 bits per heavy atom. The number of rotatable bonds is 2. The zero-order chi connectivity index (χ0) is 11.0. The summed E-state index contributed by atoms with van der Waals surface area (Å²) < 4.78 is 1.36. The highest BCUT2D eigenvalue weighted by Gasteiger charge is 2.19. The van der Waals surface area contributed by atoms with Crippen molar-refractivity contribution >= 4 is 23.8 Å². The fourth-order valence-corrected chi connectivity index (χ4v) is 1.34. The van der Waals surface area contributed by atoms with Crippen LogP contribution >= 0.6 is 0 Å². The lowest BCUT2D eigenvalue weighted by Gasteiger charge is -2.15. The molecule has 0 fully saturated rings. The van der Waals surface area contributed by atoms with E-state index >= 15 is 0 Å². The van der Waals surface area contributed by atoms with E-state index in [0.717, 1.165) is 0 Å². The van der Waals surface area contributed by atoms with Crippen LogP contribution in [-0.4, -0.2) is 28.1 Å². The van der Waals surface area contributed by atoms with Gasteiger partial charge >= 0.3 is 0 Å². The van der Waals surface area contributed by atoms with Crippen molar-refractivity contribution in [3.63, 3.8) is 0 Å². The molecule has 15 heavy (non-hydrogen) atoms. The number of nitrogens with zero attached hydrogens (tertiary/aromatic N) is 2. The van der Waals surface area contributed by atoms with Gasteiger partial charge in [-0.3, -0.25) is 9.59 Å². The molecule has 0 aliphatic carbocycles. The molecule has 2 rings (SSSR count). The molecule has 0 saturated heterocycles. The number of primary amides is 2. The Hall–Kier alpha value is -2.31. The number of anilines is 1. The zero-order valence-corrected chi connectivity index (χ0v) is 7.73. The SMILES string of the molecule is NC(=O)C1=Cn2ncc(C(N)=O)c2NC1. The molecule has 7 nitrogen and oxygen atoms in total. The highest BCUT2D eigenvalue weighted by molar-refractivity contribution is 6.00. The summed E-state index contributed by atoms with van der Waals surface area (Å²) in [6, 6.07) is 0. The quantitative estimate of drug-likeness (QED) is 0.560. The predicted octanol–water partition coefficient (Wildman–Crippen LogP) is -1.27. The van der Waals surface area contributed by atoms with Gasteiger partial charge < -0.3 is 16.8 Å². The summed E-state index contributed by atoms with van der Waals surface area (Å²) in [6.07, 6.45) is 2.81. The van der Waals surface area contributed by atoms with E-state index in [-0.39, 0.29) is 12.1 Å². The number of carbonyl (C=O) groups is 2. The van der Waals surface area contributed by atoms with E-state index in [2.05, 4.69) is 10.4 Å². The Labute approximate surface area is 84.7 Å². The first-order valence-corrected chi connectivity index (χ1v) is 4.21. The van der Waals surface area contributed by atoms with Gasteiger partial charge in [0, 0.05) is 12.7 Å². The second-order valence-corrected chi connectivity index (χ2v) is 3.09. The van der Waals surface area contributed by atoms with Gasteiger partial charge in [-0.15, -0.1) is 0 Å². The molecule has 5 N–H and O–H groups in total. The van der Waals surface area contributed by atoms with Gasteiger partial charge in [-0.25, -0.2) is 4.68 Å². The van der Waals surface area contributed by atoms with Gasteiger partial charge in [0.15, 0.2) is 0 Å². The topological polar surface area (TPSA) is 116 Å². The first-order valence-electron chi connectivity index (χ1n) is 4.21. The fraction of sp³-hybridized carbons (Fsp3) is 0.125. The minimum Gasteiger partial charge on any atom is -0.366 e. The molecule has 1 aromatic rings. The molecule has 2 amide bonds. The van der Waals surface area contributed by atoms with Gasteiger partial charge in [0.05, 0.1) is 11.8 Å². The molecular formula is C8H9N5O2. The summed E-state index contributed by atoms with van der Waals surface area (Å²) in [5.41, 5.74) is 10.9. The number of amides is 2. The Morgan fingerprint density at radius 2 is 2.13 bits per heavy atom. The second kappa shape index (κ2) is 3.12. The van der Waals surface area contributed by atoms with Gasteiger partial charge in [-0.1, -0.05) is 0 Å². The molecule has 0 saturated carbocycles. The van der Waals surface area contributed by atoms with Crippen molar-refractivity contribution in [2.24, 2.45) is 11.5 Å². The highest BCUT2D eigenvalue weighted by atomic mass is 16.1. The third-order valence-corrected chi connectivity index (χ3v) is 2.10. The Morgan fingerprint density at radius 3 is 2.73 bits per heavy atom. The third-order valence-electron chi connectivity index (χ3n) is 2.10. The number of hydrogen-bond donors (Lipinski definition) is 3. The molecule has 78 valence electrons. The lowest BCUT2D eigenvalue weighted by molar-refractivity contribution is -0.114. The van der Waals surface area contributed by atoms with Crippen molar-refractivity contribution in [1.82, 2.24) is 9.78 Å². The van der Waals surface area contributed by atoms with E-state index in [4.69, 9.17) is 11.5 Å². The standard InChI is InChI=1S/C8H9N5O2/c9-6(14)4-1-11-8-5(7(10)15)2-12-13(8)3-4/h2-3,11H,1H2,(H2,9,14)(H2,10,15). The normalized spacial score (nSPS) is 13.7. The van der Waals surface area contributed by atoms with Crippen LogP contribution < -0.4 is 16.8 Å². The summed E-state index contributed by atoms with van der Waals surface area (Å²) in [7, 11) is 0. The van der Waals surface area contributed by atoms with Crippen LogP contribution in [0.4, 0.5) is 5.82 Å². The molecule has 0 spiro atoms. The van der Waals surface area contributed by atoms with E-state index in [1.165, 1.54) is 17.1 Å². The molecule has 7 heteroatoms. The van der Waals surface area contributed by atoms with Crippen LogP contribution in [0.3, 0.4) is 0 Å². The molecule has 1 aliphatic rings. The van der Waals surface area contributed by atoms with Crippen molar-refractivity contribution in [1.29, 1.82) is 0 Å². The Kier molecular flexibility index (Phi) is 1.93. The minimum atomic E-state index is -0.570. The summed E-state index contributed by atoms with van der Waals surface area (Å²) in [4.78, 5) is 21.9. The van der Waals surface area contributed by atoms with E-state index < -0.39 is 11.8 Å². The van der Waals surface area contributed by atoms with Crippen LogP contribution in [0.2, 0.25) is 0 Å². The van der Waals surface area contributed by atoms with Gasteiger partial charge in [-0.05, 0) is 0 Å². The van der Waals surface area contributed by atoms with E-state index in [9.17, 15) is 9.59 Å². The molecule has 1 aliphatic heterocycles. The number of aromatic nitrogens is 2. The Balaban J connectivity index is 2.46. The monoisotopic (exact) mass is 207 g/mol. The molecule has 0 aromatic carbocycles. The van der Waals surface area contributed by atoms with E-state index in [1.807, 2.05) is 0 Å². The minimum absolute atomic E-state index is 0.265. The van der Waals surface area contributed by atoms with Crippen molar-refractivity contribution in [3.05, 3.63) is 17.3 Å². The summed E-state index contributed by atoms with van der Waals surface area (Å²) in [5, 5.41) is 6.73. The molecule has 0 atom stereocenters. The van der Waals surface area contributed by atoms with Crippen LogP contribution in [0.15, 0.2) is 11.8 Å². The van der Waals surface area contributed by atoms with Crippen LogP contribution in [0.25, 0.3) is 6.20 Å². The van der Waals surface area contributed by atoms with Gasteiger partial charge in [0.2, 0.25) is 5.91 Å². The smallest absolute Gasteiger partial charge is 0.254 e. The van der Waals surface area contributed by atoms with Crippen molar-refractivity contribution in [2.75, 3.05) is 11.9 Å². The molecular weight excluding hydrogens is 198 g/mol. The van der Waals surface area contributed by atoms with Crippen LogP contribution in [0, 0.1) is 0 Å². The number of nitrogens with one attached hydrogen (secondary N) is 1. The summed E-state index contributed by atoms with van der Waals surface area (Å²) in [6.45, 7) is 0.265. The number of fused-ring (bicyclic) bond motifs is 1. The molecule has 0 radical (unpaired) electrons. The fourth-order valence-electron chi connectivity index (χ4n) is 1.34. The molecule has 2 heterocycles. The van der Waals surface area contributed by atoms with Crippen LogP contribution in [-0.2, 0) is 4.79 Å². The van der Waals surface area contributed by atoms with Gasteiger partial charge in [0.25, 0.3) is 5.91 Å². The van der Waals surface area contributed by atoms with Gasteiger partial charge in [0.1, 0.15) is 11.4 Å². The molecule has 0 bridgehead atoms. The zero-order valence-electron chi connectivity index (χ0n) is 7.73. The average Bonchev–Trinajstić information content (AvgIpc) is 2.59. The average molecular weight is 207 g/mol. The largest absolute Gasteiger partial charge is 0.366 e. The maximum absolute atomic E-state index is 11.0. The Bertz CT molecular complexity index is 473. The van der Waals surface area contributed by atoms with Gasteiger partial charge in [-0.2, -0.15) is 5.10 Å². The van der Waals surface area contributed by atoms with Crippen molar-refractivity contribution in [2.45, 2.75) is 0 Å². The van der Waals surface area contributed by atoms with E-state index in [0.29, 0.717) is 11.4 Å². The summed E-state index contributed by atoms with van der Waals surface area (Å²) >= 11 is 0. The highest BCUT2D eigenvalue weighted by Crippen LogP contribution is 2.19. The maximum atomic E-state index is 11.0. The van der Waals surface area contributed by atoms with Crippen LogP contribution in [0.1, 0.15) is 10.4 Å². The second-order valence-electron chi connectivity index (χ2n) is 3.09. The van der Waals surface area contributed by atoms with Crippen molar-refractivity contribution < 1.29 is 9.59 Å². The van der Waals surface area contributed by atoms with Crippen molar-refractivity contribution in [3.8, 4) is 0 Å². The number of nitrogens with two attached hydrogens (primary N) is 2. The van der Waals surface area contributed by atoms with Crippen LogP contribution in [0.5, 0.6) is 0 Å². The lowest BCUT2D eigenvalue weighted by atomic mass is 10.2.